The smallest absolute Gasteiger partial charge is 0.220 e. The molecule has 0 radical (unpaired) electrons. The van der Waals surface area contributed by atoms with Crippen LogP contribution in [-0.4, -0.2) is 30.3 Å². The van der Waals surface area contributed by atoms with Crippen molar-refractivity contribution in [3.8, 4) is 5.75 Å². The molecule has 1 aromatic carbocycles. The Balaban J connectivity index is 2.37. The predicted molar refractivity (Wildman–Crippen MR) is 79.9 cm³/mol. The number of benzene rings is 1. The maximum Gasteiger partial charge on any atom is 0.220 e. The number of rotatable bonds is 9. The van der Waals surface area contributed by atoms with Crippen LogP contribution in [0.3, 0.4) is 0 Å². The minimum Gasteiger partial charge on any atom is -0.494 e. The zero-order chi connectivity index (χ0) is 14.8. The molecule has 0 heterocycles. The zero-order valence-corrected chi connectivity index (χ0v) is 12.4. The van der Waals surface area contributed by atoms with Gasteiger partial charge in [-0.2, -0.15) is 0 Å². The van der Waals surface area contributed by atoms with E-state index in [2.05, 4.69) is 5.32 Å². The first kappa shape index (κ1) is 16.5. The third-order valence-electron chi connectivity index (χ3n) is 3.05. The summed E-state index contributed by atoms with van der Waals surface area (Å²) in [4.78, 5) is 11.7. The van der Waals surface area contributed by atoms with Gasteiger partial charge in [0.2, 0.25) is 5.91 Å². The molecule has 0 aromatic heterocycles. The Morgan fingerprint density at radius 1 is 1.35 bits per heavy atom. The van der Waals surface area contributed by atoms with Crippen molar-refractivity contribution in [2.24, 2.45) is 0 Å². The number of hydrogen-bond acceptors (Lipinski definition) is 3. The highest BCUT2D eigenvalue weighted by Crippen LogP contribution is 2.19. The van der Waals surface area contributed by atoms with Crippen LogP contribution in [0.15, 0.2) is 24.3 Å². The molecule has 1 unspecified atom stereocenters. The predicted octanol–water partition coefficient (Wildman–Crippen LogP) is 2.30. The molecule has 2 N–H and O–H groups in total. The quantitative estimate of drug-likeness (QED) is 0.729. The number of hydrogen-bond donors (Lipinski definition) is 2. The van der Waals surface area contributed by atoms with E-state index >= 15 is 0 Å². The van der Waals surface area contributed by atoms with Crippen molar-refractivity contribution >= 4 is 5.91 Å². The summed E-state index contributed by atoms with van der Waals surface area (Å²) in [6, 6.07) is 7.77. The summed E-state index contributed by atoms with van der Waals surface area (Å²) in [5, 5.41) is 12.3. The van der Waals surface area contributed by atoms with E-state index in [0.29, 0.717) is 32.4 Å². The summed E-state index contributed by atoms with van der Waals surface area (Å²) >= 11 is 0. The Hall–Kier alpha value is -1.55. The van der Waals surface area contributed by atoms with Gasteiger partial charge in [0.25, 0.3) is 0 Å². The second kappa shape index (κ2) is 9.37. The number of nitrogens with one attached hydrogen (secondary N) is 1. The van der Waals surface area contributed by atoms with E-state index < -0.39 is 6.10 Å². The largest absolute Gasteiger partial charge is 0.494 e. The van der Waals surface area contributed by atoms with Crippen LogP contribution < -0.4 is 10.1 Å². The monoisotopic (exact) mass is 279 g/mol. The highest BCUT2D eigenvalue weighted by atomic mass is 16.5. The first-order chi connectivity index (χ1) is 9.67. The fourth-order valence-electron chi connectivity index (χ4n) is 2.01. The molecule has 0 saturated heterocycles. The van der Waals surface area contributed by atoms with Crippen molar-refractivity contribution in [3.05, 3.63) is 29.8 Å². The van der Waals surface area contributed by atoms with Gasteiger partial charge in [-0.3, -0.25) is 4.79 Å². The molecule has 4 nitrogen and oxygen atoms in total. The van der Waals surface area contributed by atoms with Crippen molar-refractivity contribution in [1.29, 1.82) is 0 Å². The summed E-state index contributed by atoms with van der Waals surface area (Å²) in [7, 11) is 0. The minimum absolute atomic E-state index is 0.0357. The lowest BCUT2D eigenvalue weighted by molar-refractivity contribution is -0.121. The average molecular weight is 279 g/mol. The summed E-state index contributed by atoms with van der Waals surface area (Å²) in [6.07, 6.45) is 2.24. The van der Waals surface area contributed by atoms with E-state index in [1.807, 2.05) is 38.1 Å². The fraction of sp³-hybridized carbons (Fsp3) is 0.562. The van der Waals surface area contributed by atoms with Crippen molar-refractivity contribution in [1.82, 2.24) is 5.32 Å². The van der Waals surface area contributed by atoms with Gasteiger partial charge in [-0.05, 0) is 31.4 Å². The molecule has 0 fully saturated rings. The molecule has 0 spiro atoms. The van der Waals surface area contributed by atoms with Gasteiger partial charge < -0.3 is 15.2 Å². The lowest BCUT2D eigenvalue weighted by atomic mass is 10.1. The maximum absolute atomic E-state index is 11.7. The molecule has 0 saturated carbocycles. The van der Waals surface area contributed by atoms with Crippen LogP contribution in [0.2, 0.25) is 0 Å². The van der Waals surface area contributed by atoms with Crippen LogP contribution in [0.4, 0.5) is 0 Å². The number of aliphatic hydroxyl groups is 1. The molecular weight excluding hydrogens is 254 g/mol. The number of aliphatic hydroxyl groups excluding tert-OH is 1. The molecule has 20 heavy (non-hydrogen) atoms. The number of amides is 1. The van der Waals surface area contributed by atoms with E-state index in [1.54, 1.807) is 0 Å². The van der Waals surface area contributed by atoms with Crippen molar-refractivity contribution < 1.29 is 14.6 Å². The van der Waals surface area contributed by atoms with Gasteiger partial charge in [-0.25, -0.2) is 0 Å². The van der Waals surface area contributed by atoms with Gasteiger partial charge in [0.1, 0.15) is 5.75 Å². The highest BCUT2D eigenvalue weighted by molar-refractivity contribution is 5.76. The number of aryl methyl sites for hydroxylation is 1. The second-order valence-corrected chi connectivity index (χ2v) is 4.79. The molecule has 1 atom stereocenters. The summed E-state index contributed by atoms with van der Waals surface area (Å²) in [6.45, 7) is 4.90. The maximum atomic E-state index is 11.7. The summed E-state index contributed by atoms with van der Waals surface area (Å²) in [5.41, 5.74) is 1.04. The first-order valence-electron chi connectivity index (χ1n) is 7.32. The molecule has 1 aromatic rings. The van der Waals surface area contributed by atoms with E-state index in [0.717, 1.165) is 17.7 Å². The van der Waals surface area contributed by atoms with E-state index in [-0.39, 0.29) is 5.91 Å². The molecule has 0 aliphatic heterocycles. The zero-order valence-electron chi connectivity index (χ0n) is 12.4. The van der Waals surface area contributed by atoms with Gasteiger partial charge in [0, 0.05) is 13.0 Å². The highest BCUT2D eigenvalue weighted by Gasteiger charge is 2.08. The normalized spacial score (nSPS) is 11.9. The Morgan fingerprint density at radius 3 is 2.80 bits per heavy atom. The molecular formula is C16H25NO3. The fourth-order valence-corrected chi connectivity index (χ4v) is 2.01. The number of carbonyl (C=O) groups is 1. The van der Waals surface area contributed by atoms with Crippen LogP contribution in [0, 0.1) is 0 Å². The van der Waals surface area contributed by atoms with Gasteiger partial charge >= 0.3 is 0 Å². The summed E-state index contributed by atoms with van der Waals surface area (Å²) < 4.78 is 5.53. The summed E-state index contributed by atoms with van der Waals surface area (Å²) in [5.74, 6) is 0.806. The van der Waals surface area contributed by atoms with Gasteiger partial charge in [-0.1, -0.05) is 31.5 Å². The number of para-hydroxylation sites is 1. The van der Waals surface area contributed by atoms with Gasteiger partial charge in [0.05, 0.1) is 12.7 Å². The molecule has 0 aliphatic carbocycles. The van der Waals surface area contributed by atoms with Crippen LogP contribution in [0.1, 0.15) is 38.7 Å². The van der Waals surface area contributed by atoms with Crippen LogP contribution in [-0.2, 0) is 11.2 Å². The van der Waals surface area contributed by atoms with Crippen molar-refractivity contribution in [2.75, 3.05) is 13.2 Å². The van der Waals surface area contributed by atoms with Gasteiger partial charge in [0.15, 0.2) is 0 Å². The Labute approximate surface area is 121 Å². The second-order valence-electron chi connectivity index (χ2n) is 4.79. The Kier molecular flexibility index (Phi) is 7.73. The third kappa shape index (κ3) is 6.06. The molecule has 0 aliphatic rings. The molecule has 112 valence electrons. The van der Waals surface area contributed by atoms with E-state index in [1.165, 1.54) is 0 Å². The first-order valence-corrected chi connectivity index (χ1v) is 7.32. The molecule has 1 rings (SSSR count). The third-order valence-corrected chi connectivity index (χ3v) is 3.05. The standard InChI is InChI=1S/C16H25NO3/c1-3-7-14(18)12-17-16(19)11-10-13-8-5-6-9-15(13)20-4-2/h5-6,8-9,14,18H,3-4,7,10-12H2,1-2H3,(H,17,19). The molecule has 4 heteroatoms. The number of carbonyl (C=O) groups excluding carboxylic acids is 1. The molecule has 0 bridgehead atoms. The van der Waals surface area contributed by atoms with Crippen LogP contribution in [0.25, 0.3) is 0 Å². The lowest BCUT2D eigenvalue weighted by Gasteiger charge is -2.12. The SMILES string of the molecule is CCCC(O)CNC(=O)CCc1ccccc1OCC. The lowest BCUT2D eigenvalue weighted by Crippen LogP contribution is -2.32. The van der Waals surface area contributed by atoms with Gasteiger partial charge in [-0.15, -0.1) is 0 Å². The topological polar surface area (TPSA) is 58.6 Å². The Bertz CT molecular complexity index is 406. The number of ether oxygens (including phenoxy) is 1. The van der Waals surface area contributed by atoms with Crippen molar-refractivity contribution in [2.45, 2.75) is 45.6 Å². The molecule has 1 amide bonds. The van der Waals surface area contributed by atoms with Crippen LogP contribution >= 0.6 is 0 Å². The van der Waals surface area contributed by atoms with E-state index in [9.17, 15) is 9.90 Å². The van der Waals surface area contributed by atoms with Crippen LogP contribution in [0.5, 0.6) is 5.75 Å². The van der Waals surface area contributed by atoms with E-state index in [4.69, 9.17) is 4.74 Å². The average Bonchev–Trinajstić information content (AvgIpc) is 2.45. The Morgan fingerprint density at radius 2 is 2.10 bits per heavy atom. The van der Waals surface area contributed by atoms with Crippen molar-refractivity contribution in [3.63, 3.8) is 0 Å². The minimum atomic E-state index is -0.445.